The Kier molecular flexibility index (Phi) is 7.21. The summed E-state index contributed by atoms with van der Waals surface area (Å²) in [6.45, 7) is 1.61. The number of hydrogen-bond donors (Lipinski definition) is 3. The van der Waals surface area contributed by atoms with E-state index in [0.717, 1.165) is 11.8 Å². The molecule has 31 heavy (non-hydrogen) atoms. The Morgan fingerprint density at radius 1 is 1.16 bits per heavy atom. The molecular formula is C20H25N5O5S. The molecule has 0 aliphatic carbocycles. The predicted molar refractivity (Wildman–Crippen MR) is 117 cm³/mol. The van der Waals surface area contributed by atoms with Crippen molar-refractivity contribution in [3.63, 3.8) is 0 Å². The Labute approximate surface area is 180 Å². The zero-order chi connectivity index (χ0) is 22.4. The minimum atomic E-state index is -3.77. The predicted octanol–water partition coefficient (Wildman–Crippen LogP) is 2.02. The van der Waals surface area contributed by atoms with E-state index in [1.54, 1.807) is 0 Å². The summed E-state index contributed by atoms with van der Waals surface area (Å²) in [6, 6.07) is 13.0. The van der Waals surface area contributed by atoms with Crippen LogP contribution < -0.4 is 15.4 Å². The monoisotopic (exact) mass is 447 g/mol. The number of carbonyl (C=O) groups is 1. The third kappa shape index (κ3) is 6.00. The van der Waals surface area contributed by atoms with Crippen molar-refractivity contribution >= 4 is 33.0 Å². The fourth-order valence-electron chi connectivity index (χ4n) is 3.45. The molecule has 166 valence electrons. The number of nitrogens with zero attached hydrogens (tertiary/aromatic N) is 2. The first kappa shape index (κ1) is 22.7. The lowest BCUT2D eigenvalue weighted by molar-refractivity contribution is -0.384. The average Bonchev–Trinajstić information content (AvgIpc) is 2.75. The normalized spacial score (nSPS) is 15.4. The number of piperidine rings is 1. The van der Waals surface area contributed by atoms with Gasteiger partial charge in [-0.1, -0.05) is 18.2 Å². The van der Waals surface area contributed by atoms with E-state index in [1.807, 2.05) is 35.2 Å². The zero-order valence-electron chi connectivity index (χ0n) is 17.1. The number of para-hydroxylation sites is 1. The molecule has 1 amide bonds. The van der Waals surface area contributed by atoms with Crippen molar-refractivity contribution in [2.24, 2.45) is 0 Å². The summed E-state index contributed by atoms with van der Waals surface area (Å²) >= 11 is 0. The van der Waals surface area contributed by atoms with Crippen LogP contribution in [0.5, 0.6) is 0 Å². The molecule has 3 N–H and O–H groups in total. The molecule has 10 nitrogen and oxygen atoms in total. The zero-order valence-corrected chi connectivity index (χ0v) is 17.9. The maximum absolute atomic E-state index is 12.2. The molecule has 1 aliphatic heterocycles. The van der Waals surface area contributed by atoms with Crippen LogP contribution in [0, 0.1) is 10.1 Å². The summed E-state index contributed by atoms with van der Waals surface area (Å²) in [5.74, 6) is -0.0884. The van der Waals surface area contributed by atoms with Crippen molar-refractivity contribution in [3.8, 4) is 0 Å². The molecule has 0 spiro atoms. The molecule has 0 atom stereocenters. The third-order valence-corrected chi connectivity index (χ3v) is 6.53. The smallest absolute Gasteiger partial charge is 0.293 e. The molecule has 0 unspecified atom stereocenters. The van der Waals surface area contributed by atoms with E-state index >= 15 is 0 Å². The van der Waals surface area contributed by atoms with Crippen LogP contribution in [0.2, 0.25) is 0 Å². The molecule has 0 bridgehead atoms. The lowest BCUT2D eigenvalue weighted by Crippen LogP contribution is -2.42. The van der Waals surface area contributed by atoms with Gasteiger partial charge in [-0.25, -0.2) is 13.1 Å². The fraction of sp³-hybridized carbons (Fsp3) is 0.350. The molecule has 11 heteroatoms. The van der Waals surface area contributed by atoms with Crippen LogP contribution in [0.25, 0.3) is 0 Å². The van der Waals surface area contributed by atoms with Gasteiger partial charge in [-0.2, -0.15) is 0 Å². The Morgan fingerprint density at radius 2 is 1.84 bits per heavy atom. The average molecular weight is 448 g/mol. The molecule has 1 heterocycles. The first-order valence-corrected chi connectivity index (χ1v) is 11.3. The van der Waals surface area contributed by atoms with Gasteiger partial charge in [0.15, 0.2) is 0 Å². The maximum atomic E-state index is 12.2. The van der Waals surface area contributed by atoms with Crippen LogP contribution in [-0.4, -0.2) is 56.9 Å². The van der Waals surface area contributed by atoms with Gasteiger partial charge in [0.25, 0.3) is 5.69 Å². The van der Waals surface area contributed by atoms with Crippen molar-refractivity contribution in [1.29, 1.82) is 0 Å². The first-order valence-electron chi connectivity index (χ1n) is 9.84. The van der Waals surface area contributed by atoms with Crippen LogP contribution in [0.4, 0.5) is 17.1 Å². The van der Waals surface area contributed by atoms with E-state index in [-0.39, 0.29) is 34.8 Å². The second-order valence-corrected chi connectivity index (χ2v) is 9.14. The highest BCUT2D eigenvalue weighted by Gasteiger charge is 2.25. The van der Waals surface area contributed by atoms with Gasteiger partial charge >= 0.3 is 0 Å². The van der Waals surface area contributed by atoms with E-state index in [4.69, 9.17) is 0 Å². The van der Waals surface area contributed by atoms with Gasteiger partial charge < -0.3 is 10.6 Å². The van der Waals surface area contributed by atoms with Crippen molar-refractivity contribution in [2.45, 2.75) is 23.8 Å². The van der Waals surface area contributed by atoms with E-state index < -0.39 is 14.9 Å². The first-order chi connectivity index (χ1) is 14.8. The minimum Gasteiger partial charge on any atom is -0.377 e. The number of rotatable bonds is 8. The van der Waals surface area contributed by atoms with Gasteiger partial charge in [-0.05, 0) is 44.2 Å². The summed E-state index contributed by atoms with van der Waals surface area (Å²) in [4.78, 5) is 24.9. The van der Waals surface area contributed by atoms with Crippen LogP contribution in [0.1, 0.15) is 12.8 Å². The fourth-order valence-corrected chi connectivity index (χ4v) is 4.20. The number of anilines is 2. The maximum Gasteiger partial charge on any atom is 0.293 e. The Bertz CT molecular complexity index is 1040. The van der Waals surface area contributed by atoms with Crippen molar-refractivity contribution in [2.75, 3.05) is 37.3 Å². The summed E-state index contributed by atoms with van der Waals surface area (Å²) in [6.07, 6.45) is 1.40. The number of likely N-dealkylation sites (tertiary alicyclic amines) is 1. The molecule has 0 aromatic heterocycles. The van der Waals surface area contributed by atoms with Gasteiger partial charge in [-0.3, -0.25) is 19.8 Å². The molecule has 1 saturated heterocycles. The van der Waals surface area contributed by atoms with E-state index in [9.17, 15) is 23.3 Å². The third-order valence-electron chi connectivity index (χ3n) is 5.12. The molecule has 0 radical (unpaired) electrons. The SMILES string of the molecule is CNS(=O)(=O)c1ccc(NC2CCN(CC(=O)Nc3ccccc3)CC2)c([N+](=O)[O-])c1. The molecule has 0 saturated carbocycles. The number of sulfonamides is 1. The highest BCUT2D eigenvalue weighted by atomic mass is 32.2. The Balaban J connectivity index is 1.57. The van der Waals surface area contributed by atoms with Crippen molar-refractivity contribution in [3.05, 3.63) is 58.6 Å². The second kappa shape index (κ2) is 9.86. The Morgan fingerprint density at radius 3 is 2.45 bits per heavy atom. The Hall–Kier alpha value is -3.02. The summed E-state index contributed by atoms with van der Waals surface area (Å²) < 4.78 is 26.0. The highest BCUT2D eigenvalue weighted by molar-refractivity contribution is 7.89. The lowest BCUT2D eigenvalue weighted by atomic mass is 10.0. The summed E-state index contributed by atoms with van der Waals surface area (Å²) in [7, 11) is -2.52. The molecule has 1 aliphatic rings. The van der Waals surface area contributed by atoms with E-state index in [0.29, 0.717) is 25.9 Å². The number of hydrogen-bond acceptors (Lipinski definition) is 7. The van der Waals surface area contributed by atoms with Crippen LogP contribution >= 0.6 is 0 Å². The van der Waals surface area contributed by atoms with Gasteiger partial charge in [0.05, 0.1) is 16.4 Å². The number of nitrogens with one attached hydrogen (secondary N) is 3. The van der Waals surface area contributed by atoms with Gasteiger partial charge in [0, 0.05) is 30.9 Å². The number of nitro benzene ring substituents is 1. The topological polar surface area (TPSA) is 134 Å². The van der Waals surface area contributed by atoms with Crippen molar-refractivity contribution < 1.29 is 18.1 Å². The summed E-state index contributed by atoms with van der Waals surface area (Å²) in [5.41, 5.74) is 0.737. The second-order valence-electron chi connectivity index (χ2n) is 7.25. The molecular weight excluding hydrogens is 422 g/mol. The molecule has 2 aromatic rings. The highest BCUT2D eigenvalue weighted by Crippen LogP contribution is 2.29. The number of benzene rings is 2. The molecule has 3 rings (SSSR count). The van der Waals surface area contributed by atoms with E-state index in [1.165, 1.54) is 19.2 Å². The lowest BCUT2D eigenvalue weighted by Gasteiger charge is -2.32. The number of nitro groups is 1. The largest absolute Gasteiger partial charge is 0.377 e. The molecule has 2 aromatic carbocycles. The number of carbonyl (C=O) groups excluding carboxylic acids is 1. The molecule has 1 fully saturated rings. The van der Waals surface area contributed by atoms with Gasteiger partial charge in [0.1, 0.15) is 5.69 Å². The number of amides is 1. The van der Waals surface area contributed by atoms with E-state index in [2.05, 4.69) is 15.4 Å². The quantitative estimate of drug-likeness (QED) is 0.416. The van der Waals surface area contributed by atoms with Crippen LogP contribution in [0.15, 0.2) is 53.4 Å². The standard InChI is InChI=1S/C20H25N5O5S/c1-21-31(29,30)17-7-8-18(19(13-17)25(27)28)22-16-9-11-24(12-10-16)14-20(26)23-15-5-3-2-4-6-15/h2-8,13,16,21-22H,9-12,14H2,1H3,(H,23,26). The van der Waals surface area contributed by atoms with Crippen molar-refractivity contribution in [1.82, 2.24) is 9.62 Å². The minimum absolute atomic E-state index is 0.0149. The van der Waals surface area contributed by atoms with Crippen LogP contribution in [-0.2, 0) is 14.8 Å². The van der Waals surface area contributed by atoms with Gasteiger partial charge in [-0.15, -0.1) is 0 Å². The van der Waals surface area contributed by atoms with Crippen LogP contribution in [0.3, 0.4) is 0 Å². The van der Waals surface area contributed by atoms with Gasteiger partial charge in [0.2, 0.25) is 15.9 Å². The summed E-state index contributed by atoms with van der Waals surface area (Å²) in [5, 5.41) is 17.5.